The SMILES string of the molecule is N/C(CCN(Cc1cccnc1)C(=O)c1ccoc1)=N/O. The number of rotatable bonds is 6. The summed E-state index contributed by atoms with van der Waals surface area (Å²) in [6.45, 7) is 0.714. The van der Waals surface area contributed by atoms with E-state index in [-0.39, 0.29) is 18.2 Å². The number of oxime groups is 1. The average Bonchev–Trinajstić information content (AvgIpc) is 3.05. The fourth-order valence-corrected chi connectivity index (χ4v) is 1.83. The molecule has 0 atom stereocenters. The second kappa shape index (κ2) is 7.09. The van der Waals surface area contributed by atoms with Crippen LogP contribution < -0.4 is 5.73 Å². The number of furan rings is 1. The zero-order chi connectivity index (χ0) is 15.1. The molecular weight excluding hydrogens is 272 g/mol. The summed E-state index contributed by atoms with van der Waals surface area (Å²) in [5.74, 6) is -0.107. The smallest absolute Gasteiger partial charge is 0.257 e. The Morgan fingerprint density at radius 1 is 1.48 bits per heavy atom. The van der Waals surface area contributed by atoms with Gasteiger partial charge in [-0.25, -0.2) is 0 Å². The molecule has 21 heavy (non-hydrogen) atoms. The van der Waals surface area contributed by atoms with Crippen LogP contribution in [0.4, 0.5) is 0 Å². The summed E-state index contributed by atoms with van der Waals surface area (Å²) in [4.78, 5) is 18.0. The van der Waals surface area contributed by atoms with E-state index in [2.05, 4.69) is 10.1 Å². The van der Waals surface area contributed by atoms with E-state index in [4.69, 9.17) is 15.4 Å². The molecule has 7 heteroatoms. The largest absolute Gasteiger partial charge is 0.472 e. The van der Waals surface area contributed by atoms with Gasteiger partial charge in [0.15, 0.2) is 0 Å². The molecule has 110 valence electrons. The molecule has 0 fully saturated rings. The second-order valence-corrected chi connectivity index (χ2v) is 4.44. The predicted octanol–water partition coefficient (Wildman–Crippen LogP) is 1.45. The van der Waals surface area contributed by atoms with Crippen LogP contribution in [0.25, 0.3) is 0 Å². The van der Waals surface area contributed by atoms with Crippen molar-refractivity contribution in [2.24, 2.45) is 10.9 Å². The van der Waals surface area contributed by atoms with E-state index >= 15 is 0 Å². The summed E-state index contributed by atoms with van der Waals surface area (Å²) < 4.78 is 4.93. The second-order valence-electron chi connectivity index (χ2n) is 4.44. The number of hydrogen-bond acceptors (Lipinski definition) is 5. The molecule has 0 bridgehead atoms. The van der Waals surface area contributed by atoms with E-state index in [9.17, 15) is 4.79 Å². The Morgan fingerprint density at radius 3 is 2.95 bits per heavy atom. The third-order valence-corrected chi connectivity index (χ3v) is 2.92. The fourth-order valence-electron chi connectivity index (χ4n) is 1.83. The molecule has 0 unspecified atom stereocenters. The summed E-state index contributed by atoms with van der Waals surface area (Å²) in [7, 11) is 0. The number of amides is 1. The van der Waals surface area contributed by atoms with Crippen molar-refractivity contribution in [3.8, 4) is 0 Å². The molecule has 0 saturated heterocycles. The summed E-state index contributed by atoms with van der Waals surface area (Å²) in [5, 5.41) is 11.5. The maximum Gasteiger partial charge on any atom is 0.257 e. The van der Waals surface area contributed by atoms with Gasteiger partial charge < -0.3 is 20.3 Å². The highest BCUT2D eigenvalue weighted by molar-refractivity contribution is 5.94. The third-order valence-electron chi connectivity index (χ3n) is 2.92. The molecule has 3 N–H and O–H groups in total. The van der Waals surface area contributed by atoms with Gasteiger partial charge in [0, 0.05) is 31.9 Å². The van der Waals surface area contributed by atoms with E-state index in [1.54, 1.807) is 29.4 Å². The number of aromatic nitrogens is 1. The van der Waals surface area contributed by atoms with Gasteiger partial charge in [-0.2, -0.15) is 0 Å². The molecule has 0 aliphatic heterocycles. The first-order valence-corrected chi connectivity index (χ1v) is 6.37. The van der Waals surface area contributed by atoms with Crippen LogP contribution in [0.2, 0.25) is 0 Å². The normalized spacial score (nSPS) is 11.3. The van der Waals surface area contributed by atoms with Gasteiger partial charge >= 0.3 is 0 Å². The fraction of sp³-hybridized carbons (Fsp3) is 0.214. The van der Waals surface area contributed by atoms with Crippen LogP contribution in [0.15, 0.2) is 52.7 Å². The molecule has 0 saturated carbocycles. The molecular formula is C14H16N4O3. The van der Waals surface area contributed by atoms with Gasteiger partial charge in [-0.3, -0.25) is 9.78 Å². The van der Waals surface area contributed by atoms with E-state index in [0.717, 1.165) is 5.56 Å². The van der Waals surface area contributed by atoms with Gasteiger partial charge in [-0.1, -0.05) is 11.2 Å². The van der Waals surface area contributed by atoms with Crippen LogP contribution in [0, 0.1) is 0 Å². The standard InChI is InChI=1S/C14H16N4O3/c15-13(17-20)3-6-18(9-11-2-1-5-16-8-11)14(19)12-4-7-21-10-12/h1-2,4-5,7-8,10,20H,3,6,9H2,(H2,15,17). The minimum Gasteiger partial charge on any atom is -0.472 e. The van der Waals surface area contributed by atoms with Crippen molar-refractivity contribution in [2.45, 2.75) is 13.0 Å². The van der Waals surface area contributed by atoms with Gasteiger partial charge in [-0.15, -0.1) is 0 Å². The molecule has 0 aromatic carbocycles. The number of nitrogens with two attached hydrogens (primary N) is 1. The van der Waals surface area contributed by atoms with Gasteiger partial charge in [0.05, 0.1) is 11.8 Å². The first-order valence-electron chi connectivity index (χ1n) is 6.37. The monoisotopic (exact) mass is 288 g/mol. The van der Waals surface area contributed by atoms with Crippen molar-refractivity contribution < 1.29 is 14.4 Å². The number of amidine groups is 1. The van der Waals surface area contributed by atoms with Crippen LogP contribution in [-0.2, 0) is 6.54 Å². The Hall–Kier alpha value is -2.83. The number of nitrogens with zero attached hydrogens (tertiary/aromatic N) is 3. The highest BCUT2D eigenvalue weighted by atomic mass is 16.4. The van der Waals surface area contributed by atoms with Crippen molar-refractivity contribution in [1.82, 2.24) is 9.88 Å². The quantitative estimate of drug-likeness (QED) is 0.362. The Balaban J connectivity index is 2.12. The molecule has 0 spiro atoms. The molecule has 2 aromatic rings. The topological polar surface area (TPSA) is 105 Å². The summed E-state index contributed by atoms with van der Waals surface area (Å²) in [6.07, 6.45) is 6.47. The van der Waals surface area contributed by atoms with Gasteiger partial charge in [0.1, 0.15) is 12.1 Å². The molecule has 0 radical (unpaired) electrons. The number of pyridine rings is 1. The molecule has 0 aliphatic carbocycles. The summed E-state index contributed by atoms with van der Waals surface area (Å²) in [6, 6.07) is 5.29. The van der Waals surface area contributed by atoms with Crippen molar-refractivity contribution >= 4 is 11.7 Å². The molecule has 0 aliphatic rings. The molecule has 2 rings (SSSR count). The van der Waals surface area contributed by atoms with E-state index in [0.29, 0.717) is 18.7 Å². The van der Waals surface area contributed by atoms with Crippen LogP contribution >= 0.6 is 0 Å². The summed E-state index contributed by atoms with van der Waals surface area (Å²) >= 11 is 0. The van der Waals surface area contributed by atoms with E-state index in [1.807, 2.05) is 6.07 Å². The van der Waals surface area contributed by atoms with E-state index < -0.39 is 0 Å². The van der Waals surface area contributed by atoms with Crippen molar-refractivity contribution in [1.29, 1.82) is 0 Å². The average molecular weight is 288 g/mol. The highest BCUT2D eigenvalue weighted by Crippen LogP contribution is 2.10. The molecule has 2 aromatic heterocycles. The zero-order valence-electron chi connectivity index (χ0n) is 11.3. The Bertz CT molecular complexity index is 596. The maximum absolute atomic E-state index is 12.4. The lowest BCUT2D eigenvalue weighted by molar-refractivity contribution is 0.0746. The first kappa shape index (κ1) is 14.6. The lowest BCUT2D eigenvalue weighted by atomic mass is 10.2. The Kier molecular flexibility index (Phi) is 4.92. The molecule has 2 heterocycles. The minimum atomic E-state index is -0.182. The van der Waals surface area contributed by atoms with Crippen molar-refractivity contribution in [2.75, 3.05) is 6.54 Å². The van der Waals surface area contributed by atoms with Crippen LogP contribution in [-0.4, -0.2) is 33.4 Å². The number of hydrogen-bond donors (Lipinski definition) is 2. The highest BCUT2D eigenvalue weighted by Gasteiger charge is 2.17. The van der Waals surface area contributed by atoms with Gasteiger partial charge in [-0.05, 0) is 17.7 Å². The van der Waals surface area contributed by atoms with Crippen LogP contribution in [0.1, 0.15) is 22.3 Å². The van der Waals surface area contributed by atoms with Crippen LogP contribution in [0.3, 0.4) is 0 Å². The van der Waals surface area contributed by atoms with Gasteiger partial charge in [0.25, 0.3) is 5.91 Å². The van der Waals surface area contributed by atoms with Crippen LogP contribution in [0.5, 0.6) is 0 Å². The number of carbonyl (C=O) groups is 1. The minimum absolute atomic E-state index is 0.0752. The predicted molar refractivity (Wildman–Crippen MR) is 75.7 cm³/mol. The Labute approximate surface area is 121 Å². The van der Waals surface area contributed by atoms with Crippen molar-refractivity contribution in [3.63, 3.8) is 0 Å². The summed E-state index contributed by atoms with van der Waals surface area (Å²) in [5.41, 5.74) is 6.82. The van der Waals surface area contributed by atoms with Crippen molar-refractivity contribution in [3.05, 3.63) is 54.2 Å². The molecule has 1 amide bonds. The third kappa shape index (κ3) is 4.07. The van der Waals surface area contributed by atoms with Gasteiger partial charge in [0.2, 0.25) is 0 Å². The molecule has 7 nitrogen and oxygen atoms in total. The first-order chi connectivity index (χ1) is 10.2. The maximum atomic E-state index is 12.4. The van der Waals surface area contributed by atoms with E-state index in [1.165, 1.54) is 12.5 Å². The zero-order valence-corrected chi connectivity index (χ0v) is 11.3. The number of carbonyl (C=O) groups excluding carboxylic acids is 1. The lowest BCUT2D eigenvalue weighted by Crippen LogP contribution is -2.33. The lowest BCUT2D eigenvalue weighted by Gasteiger charge is -2.21. The Morgan fingerprint density at radius 2 is 2.33 bits per heavy atom.